The highest BCUT2D eigenvalue weighted by molar-refractivity contribution is 8.00. The fraction of sp³-hybridized carbons (Fsp3) is 0.250. The Kier molecular flexibility index (Phi) is 5.23. The summed E-state index contributed by atoms with van der Waals surface area (Å²) < 4.78 is 8.65. The normalized spacial score (nSPS) is 11.2. The first kappa shape index (κ1) is 18.8. The van der Waals surface area contributed by atoms with Gasteiger partial charge in [-0.15, -0.1) is 21.5 Å². The Bertz CT molecular complexity index is 1170. The van der Waals surface area contributed by atoms with E-state index >= 15 is 0 Å². The van der Waals surface area contributed by atoms with Gasteiger partial charge in [0.15, 0.2) is 0 Å². The lowest BCUT2D eigenvalue weighted by Gasteiger charge is -2.10. The number of aryl methyl sites for hydroxylation is 2. The number of fused-ring (bicyclic) bond motifs is 3. The zero-order chi connectivity index (χ0) is 19.7. The Balaban J connectivity index is 1.58. The van der Waals surface area contributed by atoms with Gasteiger partial charge in [-0.2, -0.15) is 0 Å². The van der Waals surface area contributed by atoms with E-state index in [0.29, 0.717) is 11.4 Å². The highest BCUT2D eigenvalue weighted by atomic mass is 32.2. The minimum atomic E-state index is -0.113. The van der Waals surface area contributed by atoms with E-state index in [1.807, 2.05) is 24.3 Å². The summed E-state index contributed by atoms with van der Waals surface area (Å²) >= 11 is 3.15. The quantitative estimate of drug-likeness (QED) is 0.471. The Labute approximate surface area is 170 Å². The first-order valence-electron chi connectivity index (χ1n) is 8.93. The smallest absolute Gasteiger partial charge is 0.234 e. The second-order valence-electron chi connectivity index (χ2n) is 6.28. The Morgan fingerprint density at radius 1 is 1.25 bits per heavy atom. The third-order valence-electron chi connectivity index (χ3n) is 4.38. The van der Waals surface area contributed by atoms with Crippen LogP contribution >= 0.6 is 23.1 Å². The van der Waals surface area contributed by atoms with Gasteiger partial charge in [-0.3, -0.25) is 9.20 Å². The van der Waals surface area contributed by atoms with Crippen molar-refractivity contribution >= 4 is 50.4 Å². The van der Waals surface area contributed by atoms with E-state index in [2.05, 4.69) is 45.9 Å². The van der Waals surface area contributed by atoms with Gasteiger partial charge in [0.25, 0.3) is 0 Å². The molecule has 8 heteroatoms. The summed E-state index contributed by atoms with van der Waals surface area (Å²) in [5, 5.41) is 12.4. The summed E-state index contributed by atoms with van der Waals surface area (Å²) in [7, 11) is 1.58. The molecule has 3 aromatic heterocycles. The number of rotatable bonds is 6. The van der Waals surface area contributed by atoms with Crippen LogP contribution in [0, 0.1) is 6.92 Å². The van der Waals surface area contributed by atoms with Crippen molar-refractivity contribution in [3.63, 3.8) is 0 Å². The van der Waals surface area contributed by atoms with Crippen molar-refractivity contribution in [3.05, 3.63) is 47.1 Å². The van der Waals surface area contributed by atoms with Crippen LogP contribution in [-0.2, 0) is 11.2 Å². The van der Waals surface area contributed by atoms with Gasteiger partial charge in [0.2, 0.25) is 5.91 Å². The molecule has 4 rings (SSSR count). The molecule has 4 aromatic rings. The molecule has 0 radical (unpaired) electrons. The number of nitrogens with one attached hydrogen (secondary N) is 1. The van der Waals surface area contributed by atoms with Gasteiger partial charge in [0, 0.05) is 11.3 Å². The lowest BCUT2D eigenvalue weighted by atomic mass is 10.3. The van der Waals surface area contributed by atoms with E-state index in [-0.39, 0.29) is 11.7 Å². The molecular weight excluding hydrogens is 392 g/mol. The van der Waals surface area contributed by atoms with Crippen LogP contribution in [0.4, 0.5) is 5.69 Å². The molecule has 0 saturated heterocycles. The summed E-state index contributed by atoms with van der Waals surface area (Å²) in [6, 6.07) is 11.7. The number of anilines is 1. The number of amides is 1. The topological polar surface area (TPSA) is 68.5 Å². The molecule has 28 heavy (non-hydrogen) atoms. The van der Waals surface area contributed by atoms with Crippen molar-refractivity contribution in [1.82, 2.24) is 14.6 Å². The van der Waals surface area contributed by atoms with Gasteiger partial charge in [0.05, 0.1) is 34.3 Å². The van der Waals surface area contributed by atoms with E-state index < -0.39 is 0 Å². The molecule has 0 saturated carbocycles. The van der Waals surface area contributed by atoms with E-state index in [1.165, 1.54) is 21.3 Å². The van der Waals surface area contributed by atoms with Crippen LogP contribution in [0.1, 0.15) is 17.6 Å². The Hall–Kier alpha value is -2.58. The molecule has 0 aliphatic rings. The number of carbonyl (C=O) groups excluding carboxylic acids is 1. The predicted molar refractivity (Wildman–Crippen MR) is 115 cm³/mol. The van der Waals surface area contributed by atoms with Crippen LogP contribution in [0.15, 0.2) is 41.4 Å². The van der Waals surface area contributed by atoms with Crippen molar-refractivity contribution < 1.29 is 9.53 Å². The number of hydrogen-bond donors (Lipinski definition) is 1. The molecule has 144 valence electrons. The summed E-state index contributed by atoms with van der Waals surface area (Å²) in [5.41, 5.74) is 2.82. The summed E-state index contributed by atoms with van der Waals surface area (Å²) in [6.45, 7) is 4.18. The number of benzene rings is 1. The lowest BCUT2D eigenvalue weighted by Crippen LogP contribution is -2.15. The minimum Gasteiger partial charge on any atom is -0.495 e. The molecule has 0 spiro atoms. The second-order valence-corrected chi connectivity index (χ2v) is 8.54. The molecule has 3 heterocycles. The van der Waals surface area contributed by atoms with Crippen molar-refractivity contribution in [2.24, 2.45) is 0 Å². The molecule has 1 amide bonds. The van der Waals surface area contributed by atoms with E-state index in [0.717, 1.165) is 28.3 Å². The average molecular weight is 413 g/mol. The molecule has 0 fully saturated rings. The van der Waals surface area contributed by atoms with Gasteiger partial charge in [-0.1, -0.05) is 30.8 Å². The molecule has 0 atom stereocenters. The number of carbonyl (C=O) groups is 1. The van der Waals surface area contributed by atoms with E-state index in [4.69, 9.17) is 4.74 Å². The summed E-state index contributed by atoms with van der Waals surface area (Å²) in [6.07, 6.45) is 0.793. The van der Waals surface area contributed by atoms with Crippen molar-refractivity contribution in [3.8, 4) is 5.75 Å². The molecule has 0 unspecified atom stereocenters. The van der Waals surface area contributed by atoms with Crippen molar-refractivity contribution in [2.45, 2.75) is 25.3 Å². The molecule has 0 aliphatic heterocycles. The first-order valence-corrected chi connectivity index (χ1v) is 10.7. The highest BCUT2D eigenvalue weighted by Crippen LogP contribution is 2.33. The number of hydrogen-bond acceptors (Lipinski definition) is 6. The van der Waals surface area contributed by atoms with E-state index in [9.17, 15) is 4.79 Å². The number of thiophene rings is 1. The van der Waals surface area contributed by atoms with Gasteiger partial charge < -0.3 is 10.1 Å². The van der Waals surface area contributed by atoms with Crippen LogP contribution in [-0.4, -0.2) is 33.4 Å². The SMILES string of the molecule is CCc1nnc(SCC(=O)Nc2ccccc2OC)c2cc3sc(C)cc3n12. The molecule has 1 N–H and O–H groups in total. The minimum absolute atomic E-state index is 0.113. The zero-order valence-corrected chi connectivity index (χ0v) is 17.5. The third-order valence-corrected chi connectivity index (χ3v) is 6.34. The molecular formula is C20H20N4O2S2. The Morgan fingerprint density at radius 2 is 2.07 bits per heavy atom. The predicted octanol–water partition coefficient (Wildman–Crippen LogP) is 4.55. The Morgan fingerprint density at radius 3 is 2.86 bits per heavy atom. The zero-order valence-electron chi connectivity index (χ0n) is 15.9. The number of para-hydroxylation sites is 2. The molecule has 0 bridgehead atoms. The number of thioether (sulfide) groups is 1. The number of methoxy groups -OCH3 is 1. The number of aromatic nitrogens is 3. The van der Waals surface area contributed by atoms with Crippen LogP contribution in [0.2, 0.25) is 0 Å². The molecule has 6 nitrogen and oxygen atoms in total. The fourth-order valence-electron chi connectivity index (χ4n) is 3.15. The van der Waals surface area contributed by atoms with Crippen molar-refractivity contribution in [2.75, 3.05) is 18.2 Å². The van der Waals surface area contributed by atoms with Crippen molar-refractivity contribution in [1.29, 1.82) is 0 Å². The standard InChI is InChI=1S/C20H20N4O2S2/c1-4-18-22-23-20(15-10-17-14(24(15)18)9-12(2)28-17)27-11-19(25)21-13-7-5-6-8-16(13)26-3/h5-10H,4,11H2,1-3H3,(H,21,25). The average Bonchev–Trinajstić information content (AvgIpc) is 3.23. The largest absolute Gasteiger partial charge is 0.495 e. The second kappa shape index (κ2) is 7.81. The summed E-state index contributed by atoms with van der Waals surface area (Å²) in [4.78, 5) is 13.7. The highest BCUT2D eigenvalue weighted by Gasteiger charge is 2.16. The molecule has 1 aromatic carbocycles. The molecule has 0 aliphatic carbocycles. The maximum Gasteiger partial charge on any atom is 0.234 e. The van der Waals surface area contributed by atoms with E-state index in [1.54, 1.807) is 18.4 Å². The third kappa shape index (κ3) is 3.45. The van der Waals surface area contributed by atoms with Gasteiger partial charge >= 0.3 is 0 Å². The number of nitrogens with zero attached hydrogens (tertiary/aromatic N) is 3. The summed E-state index contributed by atoms with van der Waals surface area (Å²) in [5.74, 6) is 1.69. The van der Waals surface area contributed by atoms with Crippen LogP contribution in [0.3, 0.4) is 0 Å². The van der Waals surface area contributed by atoms with Crippen LogP contribution in [0.5, 0.6) is 5.75 Å². The van der Waals surface area contributed by atoms with Crippen LogP contribution < -0.4 is 10.1 Å². The maximum atomic E-state index is 12.4. The van der Waals surface area contributed by atoms with Gasteiger partial charge in [0.1, 0.15) is 16.6 Å². The van der Waals surface area contributed by atoms with Gasteiger partial charge in [-0.25, -0.2) is 0 Å². The monoisotopic (exact) mass is 412 g/mol. The fourth-order valence-corrected chi connectivity index (χ4v) is 4.83. The van der Waals surface area contributed by atoms with Gasteiger partial charge in [-0.05, 0) is 31.2 Å². The lowest BCUT2D eigenvalue weighted by molar-refractivity contribution is -0.113. The number of ether oxygens (including phenoxy) is 1. The van der Waals surface area contributed by atoms with Crippen LogP contribution in [0.25, 0.3) is 15.7 Å². The first-order chi connectivity index (χ1) is 13.6. The maximum absolute atomic E-state index is 12.4.